The van der Waals surface area contributed by atoms with Gasteiger partial charge in [0, 0.05) is 13.3 Å². The summed E-state index contributed by atoms with van der Waals surface area (Å²) in [6, 6.07) is 0. The van der Waals surface area contributed by atoms with Gasteiger partial charge in [0.05, 0.1) is 5.54 Å². The molecule has 0 unspecified atom stereocenters. The number of aliphatic imine (C=N–C) groups is 1. The molecule has 56 valence electrons. The zero-order valence-corrected chi connectivity index (χ0v) is 6.77. The summed E-state index contributed by atoms with van der Waals surface area (Å²) in [6.07, 6.45) is 0.824. The number of hydrogen-bond donors (Lipinski definition) is 0. The van der Waals surface area contributed by atoms with Gasteiger partial charge < -0.3 is 4.74 Å². The summed E-state index contributed by atoms with van der Waals surface area (Å²) in [6.45, 7) is 9.76. The zero-order chi connectivity index (χ0) is 7.78. The highest BCUT2D eigenvalue weighted by molar-refractivity contribution is 5.75. The molecule has 0 atom stereocenters. The topological polar surface area (TPSA) is 21.6 Å². The second-order valence-corrected chi connectivity index (χ2v) is 3.26. The fourth-order valence-electron chi connectivity index (χ4n) is 1.22. The highest BCUT2D eigenvalue weighted by Gasteiger charge is 2.23. The van der Waals surface area contributed by atoms with Crippen LogP contribution in [-0.2, 0) is 4.74 Å². The van der Waals surface area contributed by atoms with Crippen LogP contribution in [0.3, 0.4) is 0 Å². The molecule has 0 N–H and O–H groups in total. The van der Waals surface area contributed by atoms with E-state index in [1.54, 1.807) is 0 Å². The normalized spacial score (nSPS) is 23.5. The molecule has 0 aliphatic carbocycles. The Morgan fingerprint density at radius 1 is 1.60 bits per heavy atom. The first kappa shape index (κ1) is 7.32. The average molecular weight is 139 g/mol. The quantitative estimate of drug-likeness (QED) is 0.503. The molecular weight excluding hydrogens is 126 g/mol. The minimum Gasteiger partial charge on any atom is -0.449 e. The molecule has 0 aromatic carbocycles. The van der Waals surface area contributed by atoms with Crippen LogP contribution in [0.4, 0.5) is 0 Å². The first-order valence-electron chi connectivity index (χ1n) is 3.42. The fraction of sp³-hybridized carbons (Fsp3) is 0.625. The lowest BCUT2D eigenvalue weighted by Crippen LogP contribution is -2.25. The molecule has 0 aromatic heterocycles. The van der Waals surface area contributed by atoms with E-state index < -0.39 is 0 Å². The van der Waals surface area contributed by atoms with Crippen molar-refractivity contribution >= 4 is 5.90 Å². The number of hydrogen-bond acceptors (Lipinski definition) is 2. The van der Waals surface area contributed by atoms with Gasteiger partial charge in [-0.1, -0.05) is 6.58 Å². The lowest BCUT2D eigenvalue weighted by atomic mass is 10.00. The van der Waals surface area contributed by atoms with Crippen molar-refractivity contribution in [2.75, 3.05) is 0 Å². The first-order valence-corrected chi connectivity index (χ1v) is 3.42. The van der Waals surface area contributed by atoms with Crippen LogP contribution in [-0.4, -0.2) is 11.4 Å². The van der Waals surface area contributed by atoms with Gasteiger partial charge >= 0.3 is 0 Å². The molecule has 0 spiro atoms. The van der Waals surface area contributed by atoms with Crippen LogP contribution in [0, 0.1) is 0 Å². The third kappa shape index (κ3) is 1.59. The Morgan fingerprint density at radius 3 is 2.60 bits per heavy atom. The van der Waals surface area contributed by atoms with E-state index in [2.05, 4.69) is 25.4 Å². The van der Waals surface area contributed by atoms with Crippen molar-refractivity contribution in [2.24, 2.45) is 4.99 Å². The lowest BCUT2D eigenvalue weighted by molar-refractivity contribution is 0.310. The van der Waals surface area contributed by atoms with Crippen molar-refractivity contribution in [3.05, 3.63) is 12.3 Å². The van der Waals surface area contributed by atoms with Gasteiger partial charge in [0.2, 0.25) is 0 Å². The van der Waals surface area contributed by atoms with Crippen LogP contribution in [0.1, 0.15) is 27.2 Å². The summed E-state index contributed by atoms with van der Waals surface area (Å²) >= 11 is 0. The largest absolute Gasteiger partial charge is 0.449 e. The Morgan fingerprint density at radius 2 is 2.20 bits per heavy atom. The summed E-state index contributed by atoms with van der Waals surface area (Å²) in [4.78, 5) is 4.30. The Kier molecular flexibility index (Phi) is 1.55. The van der Waals surface area contributed by atoms with E-state index in [4.69, 9.17) is 4.74 Å². The number of rotatable bonds is 0. The molecule has 0 saturated carbocycles. The fourth-order valence-corrected chi connectivity index (χ4v) is 1.22. The Balaban J connectivity index is 2.83. The minimum atomic E-state index is -0.0145. The van der Waals surface area contributed by atoms with E-state index in [9.17, 15) is 0 Å². The molecule has 1 aliphatic rings. The maximum atomic E-state index is 5.18. The average Bonchev–Trinajstić information content (AvgIpc) is 1.54. The minimum absolute atomic E-state index is 0.0145. The smallest absolute Gasteiger partial charge is 0.187 e. The van der Waals surface area contributed by atoms with Crippen molar-refractivity contribution in [2.45, 2.75) is 32.7 Å². The molecule has 0 amide bonds. The van der Waals surface area contributed by atoms with Crippen molar-refractivity contribution in [1.82, 2.24) is 0 Å². The van der Waals surface area contributed by atoms with Gasteiger partial charge in [-0.25, -0.2) is 4.99 Å². The van der Waals surface area contributed by atoms with Crippen molar-refractivity contribution < 1.29 is 4.74 Å². The van der Waals surface area contributed by atoms with Gasteiger partial charge in [0.15, 0.2) is 5.90 Å². The van der Waals surface area contributed by atoms with Crippen molar-refractivity contribution in [1.29, 1.82) is 0 Å². The summed E-state index contributed by atoms with van der Waals surface area (Å²) in [5.41, 5.74) is -0.0145. The van der Waals surface area contributed by atoms with Gasteiger partial charge in [0.1, 0.15) is 5.76 Å². The third-order valence-electron chi connectivity index (χ3n) is 1.38. The molecule has 1 rings (SSSR count). The molecule has 0 saturated heterocycles. The van der Waals surface area contributed by atoms with Gasteiger partial charge in [-0.15, -0.1) is 0 Å². The maximum absolute atomic E-state index is 5.18. The van der Waals surface area contributed by atoms with E-state index in [-0.39, 0.29) is 5.54 Å². The van der Waals surface area contributed by atoms with E-state index in [1.807, 2.05) is 6.92 Å². The maximum Gasteiger partial charge on any atom is 0.187 e. The predicted octanol–water partition coefficient (Wildman–Crippen LogP) is 2.12. The highest BCUT2D eigenvalue weighted by atomic mass is 16.5. The Bertz CT molecular complexity index is 191. The van der Waals surface area contributed by atoms with Crippen LogP contribution >= 0.6 is 0 Å². The van der Waals surface area contributed by atoms with Gasteiger partial charge in [0.25, 0.3) is 0 Å². The summed E-state index contributed by atoms with van der Waals surface area (Å²) in [5, 5.41) is 0. The number of ether oxygens (including phenoxy) is 1. The molecule has 0 bridgehead atoms. The van der Waals surface area contributed by atoms with E-state index in [0.29, 0.717) is 0 Å². The molecule has 1 heterocycles. The van der Waals surface area contributed by atoms with Gasteiger partial charge in [-0.2, -0.15) is 0 Å². The standard InChI is InChI=1S/C8H13NO/c1-6-5-8(3,4)9-7(2)10-6/h1,5H2,2-4H3. The van der Waals surface area contributed by atoms with Crippen molar-refractivity contribution in [3.8, 4) is 0 Å². The predicted molar refractivity (Wildman–Crippen MR) is 42.0 cm³/mol. The van der Waals surface area contributed by atoms with Gasteiger partial charge in [-0.3, -0.25) is 0 Å². The monoisotopic (exact) mass is 139 g/mol. The molecule has 0 fully saturated rings. The second-order valence-electron chi connectivity index (χ2n) is 3.26. The van der Waals surface area contributed by atoms with Crippen LogP contribution in [0.5, 0.6) is 0 Å². The van der Waals surface area contributed by atoms with Crippen LogP contribution in [0.2, 0.25) is 0 Å². The zero-order valence-electron chi connectivity index (χ0n) is 6.77. The lowest BCUT2D eigenvalue weighted by Gasteiger charge is -2.26. The molecular formula is C8H13NO. The number of nitrogens with zero attached hydrogens (tertiary/aromatic N) is 1. The molecule has 10 heavy (non-hydrogen) atoms. The Labute approximate surface area is 61.6 Å². The molecule has 2 heteroatoms. The molecule has 0 aromatic rings. The summed E-state index contributed by atoms with van der Waals surface area (Å²) < 4.78 is 5.18. The first-order chi connectivity index (χ1) is 4.49. The van der Waals surface area contributed by atoms with Crippen LogP contribution < -0.4 is 0 Å². The summed E-state index contributed by atoms with van der Waals surface area (Å²) in [5.74, 6) is 1.54. The van der Waals surface area contributed by atoms with Crippen LogP contribution in [0.15, 0.2) is 17.3 Å². The second kappa shape index (κ2) is 2.11. The molecule has 2 nitrogen and oxygen atoms in total. The van der Waals surface area contributed by atoms with Gasteiger partial charge in [-0.05, 0) is 13.8 Å². The van der Waals surface area contributed by atoms with E-state index in [1.165, 1.54) is 0 Å². The molecule has 1 aliphatic heterocycles. The molecule has 0 radical (unpaired) electrons. The third-order valence-corrected chi connectivity index (χ3v) is 1.38. The SMILES string of the molecule is C=C1CC(C)(C)N=C(C)O1. The Hall–Kier alpha value is -0.790. The van der Waals surface area contributed by atoms with E-state index >= 15 is 0 Å². The summed E-state index contributed by atoms with van der Waals surface area (Å²) in [7, 11) is 0. The highest BCUT2D eigenvalue weighted by Crippen LogP contribution is 2.24. The van der Waals surface area contributed by atoms with Crippen LogP contribution in [0.25, 0.3) is 0 Å². The van der Waals surface area contributed by atoms with E-state index in [0.717, 1.165) is 18.1 Å². The van der Waals surface area contributed by atoms with Crippen molar-refractivity contribution in [3.63, 3.8) is 0 Å².